The van der Waals surface area contributed by atoms with E-state index < -0.39 is 0 Å². The van der Waals surface area contributed by atoms with Gasteiger partial charge < -0.3 is 9.47 Å². The number of esters is 1. The molecule has 0 radical (unpaired) electrons. The molecule has 0 spiro atoms. The van der Waals surface area contributed by atoms with Crippen LogP contribution in [-0.4, -0.2) is 13.1 Å². The van der Waals surface area contributed by atoms with Crippen molar-refractivity contribution < 1.29 is 14.3 Å². The average molecular weight is 296 g/mol. The zero-order valence-electron chi connectivity index (χ0n) is 13.2. The second-order valence-corrected chi connectivity index (χ2v) is 5.92. The first-order valence-corrected chi connectivity index (χ1v) is 7.57. The second-order valence-electron chi connectivity index (χ2n) is 5.92. The zero-order chi connectivity index (χ0) is 15.7. The summed E-state index contributed by atoms with van der Waals surface area (Å²) < 4.78 is 10.7. The van der Waals surface area contributed by atoms with Gasteiger partial charge in [0.25, 0.3) is 0 Å². The van der Waals surface area contributed by atoms with E-state index in [1.807, 2.05) is 38.1 Å². The summed E-state index contributed by atoms with van der Waals surface area (Å²) in [7, 11) is 1.71. The number of carbonyl (C=O) groups excluding carboxylic acids is 1. The average Bonchev–Trinajstić information content (AvgIpc) is 2.53. The number of hydrogen-bond acceptors (Lipinski definition) is 3. The Hall–Kier alpha value is -2.29. The minimum absolute atomic E-state index is 0.124. The fraction of sp³-hybridized carbons (Fsp3) is 0.316. The molecule has 22 heavy (non-hydrogen) atoms. The van der Waals surface area contributed by atoms with E-state index in [0.29, 0.717) is 5.75 Å². The van der Waals surface area contributed by atoms with Crippen LogP contribution >= 0.6 is 0 Å². The molecule has 0 aliphatic heterocycles. The smallest absolute Gasteiger partial charge is 0.313 e. The monoisotopic (exact) mass is 296 g/mol. The van der Waals surface area contributed by atoms with E-state index in [4.69, 9.17) is 9.47 Å². The molecule has 0 fully saturated rings. The molecular weight excluding hydrogens is 276 g/mol. The molecule has 2 aliphatic carbocycles. The number of allylic oxidation sites excluding steroid dienone is 5. The number of rotatable bonds is 3. The first-order valence-electron chi connectivity index (χ1n) is 7.57. The Morgan fingerprint density at radius 2 is 2.05 bits per heavy atom. The van der Waals surface area contributed by atoms with Gasteiger partial charge in [-0.25, -0.2) is 0 Å². The Morgan fingerprint density at radius 3 is 2.77 bits per heavy atom. The van der Waals surface area contributed by atoms with Crippen LogP contribution < -0.4 is 4.74 Å². The van der Waals surface area contributed by atoms with Crippen molar-refractivity contribution in [2.24, 2.45) is 5.92 Å². The van der Waals surface area contributed by atoms with E-state index in [1.54, 1.807) is 7.11 Å². The van der Waals surface area contributed by atoms with Crippen LogP contribution in [0.1, 0.15) is 31.4 Å². The van der Waals surface area contributed by atoms with Crippen molar-refractivity contribution in [3.63, 3.8) is 0 Å². The molecule has 114 valence electrons. The molecule has 0 heterocycles. The molecule has 0 saturated carbocycles. The summed E-state index contributed by atoms with van der Waals surface area (Å²) in [5.41, 5.74) is 4.95. The van der Waals surface area contributed by atoms with Crippen LogP contribution in [0.4, 0.5) is 0 Å². The molecule has 3 heteroatoms. The van der Waals surface area contributed by atoms with Crippen molar-refractivity contribution in [2.45, 2.75) is 26.7 Å². The van der Waals surface area contributed by atoms with E-state index in [2.05, 4.69) is 12.2 Å². The second kappa shape index (κ2) is 5.84. The van der Waals surface area contributed by atoms with E-state index in [-0.39, 0.29) is 11.9 Å². The zero-order valence-corrected chi connectivity index (χ0v) is 13.2. The first kappa shape index (κ1) is 14.6. The quantitative estimate of drug-likeness (QED) is 0.623. The topological polar surface area (TPSA) is 35.5 Å². The van der Waals surface area contributed by atoms with Gasteiger partial charge in [0.15, 0.2) is 0 Å². The van der Waals surface area contributed by atoms with Crippen molar-refractivity contribution in [3.05, 3.63) is 58.9 Å². The predicted molar refractivity (Wildman–Crippen MR) is 86.4 cm³/mol. The van der Waals surface area contributed by atoms with Gasteiger partial charge in [0.1, 0.15) is 5.75 Å². The molecule has 3 nitrogen and oxygen atoms in total. The largest absolute Gasteiger partial charge is 0.501 e. The predicted octanol–water partition coefficient (Wildman–Crippen LogP) is 4.05. The van der Waals surface area contributed by atoms with E-state index in [9.17, 15) is 4.79 Å². The number of benzene rings is 1. The number of hydrogen-bond donors (Lipinski definition) is 0. The highest BCUT2D eigenvalue weighted by Gasteiger charge is 2.21. The van der Waals surface area contributed by atoms with E-state index in [1.165, 1.54) is 22.3 Å². The van der Waals surface area contributed by atoms with Crippen LogP contribution in [0, 0.1) is 5.92 Å². The summed E-state index contributed by atoms with van der Waals surface area (Å²) in [6, 6.07) is 5.89. The highest BCUT2D eigenvalue weighted by molar-refractivity contribution is 5.85. The third-order valence-electron chi connectivity index (χ3n) is 4.03. The fourth-order valence-corrected chi connectivity index (χ4v) is 2.74. The number of carbonyl (C=O) groups is 1. The van der Waals surface area contributed by atoms with Gasteiger partial charge in [-0.15, -0.1) is 0 Å². The third kappa shape index (κ3) is 2.71. The van der Waals surface area contributed by atoms with Crippen molar-refractivity contribution in [1.29, 1.82) is 0 Å². The molecule has 1 aromatic rings. The number of ether oxygens (including phenoxy) is 2. The third-order valence-corrected chi connectivity index (χ3v) is 4.03. The molecule has 0 amide bonds. The van der Waals surface area contributed by atoms with Crippen molar-refractivity contribution in [1.82, 2.24) is 0 Å². The molecule has 0 saturated heterocycles. The Balaban J connectivity index is 1.90. The molecule has 0 bridgehead atoms. The maximum Gasteiger partial charge on any atom is 0.313 e. The fourth-order valence-electron chi connectivity index (χ4n) is 2.74. The van der Waals surface area contributed by atoms with E-state index >= 15 is 0 Å². The summed E-state index contributed by atoms with van der Waals surface area (Å²) in [4.78, 5) is 11.7. The van der Waals surface area contributed by atoms with Gasteiger partial charge in [0, 0.05) is 6.42 Å². The maximum atomic E-state index is 11.7. The number of fused-ring (bicyclic) bond motifs is 3. The van der Waals surface area contributed by atoms with Crippen LogP contribution in [0.3, 0.4) is 0 Å². The van der Waals surface area contributed by atoms with Crippen molar-refractivity contribution in [2.75, 3.05) is 7.11 Å². The summed E-state index contributed by atoms with van der Waals surface area (Å²) in [5, 5.41) is 0. The Bertz CT molecular complexity index is 705. The van der Waals surface area contributed by atoms with Gasteiger partial charge in [0.2, 0.25) is 0 Å². The Labute approximate surface area is 130 Å². The molecule has 2 aliphatic rings. The lowest BCUT2D eigenvalue weighted by Crippen LogP contribution is -2.15. The van der Waals surface area contributed by atoms with Crippen LogP contribution in [0.25, 0.3) is 5.57 Å². The highest BCUT2D eigenvalue weighted by Crippen LogP contribution is 2.38. The van der Waals surface area contributed by atoms with Crippen LogP contribution in [-0.2, 0) is 16.0 Å². The number of methoxy groups -OCH3 is 1. The van der Waals surface area contributed by atoms with Gasteiger partial charge in [-0.3, -0.25) is 4.79 Å². The van der Waals surface area contributed by atoms with Crippen molar-refractivity contribution >= 4 is 11.5 Å². The molecule has 0 unspecified atom stereocenters. The maximum absolute atomic E-state index is 11.7. The molecule has 1 aromatic carbocycles. The molecule has 0 atom stereocenters. The van der Waals surface area contributed by atoms with Gasteiger partial charge in [-0.05, 0) is 46.9 Å². The normalized spacial score (nSPS) is 16.1. The van der Waals surface area contributed by atoms with Gasteiger partial charge >= 0.3 is 5.97 Å². The van der Waals surface area contributed by atoms with Crippen LogP contribution in [0.5, 0.6) is 5.75 Å². The van der Waals surface area contributed by atoms with Crippen LogP contribution in [0.2, 0.25) is 0 Å². The standard InChI is InChI=1S/C19H20O3/c1-12(2)19(20)22-16-7-9-18-14(11-16)5-4-13-10-15(21-3)6-8-17(13)18/h4,6-9,11-12H,5,10H2,1-3H3. The molecule has 0 aromatic heterocycles. The Kier molecular flexibility index (Phi) is 3.88. The van der Waals surface area contributed by atoms with Gasteiger partial charge in [-0.2, -0.15) is 0 Å². The summed E-state index contributed by atoms with van der Waals surface area (Å²) in [5.74, 6) is 1.29. The lowest BCUT2D eigenvalue weighted by atomic mass is 9.83. The lowest BCUT2D eigenvalue weighted by Gasteiger charge is -2.24. The Morgan fingerprint density at radius 1 is 1.23 bits per heavy atom. The molecule has 0 N–H and O–H groups in total. The summed E-state index contributed by atoms with van der Waals surface area (Å²) in [6.45, 7) is 3.67. The highest BCUT2D eigenvalue weighted by atomic mass is 16.5. The minimum Gasteiger partial charge on any atom is -0.501 e. The summed E-state index contributed by atoms with van der Waals surface area (Å²) >= 11 is 0. The first-order chi connectivity index (χ1) is 10.6. The summed E-state index contributed by atoms with van der Waals surface area (Å²) in [6.07, 6.45) is 8.05. The van der Waals surface area contributed by atoms with Crippen LogP contribution in [0.15, 0.2) is 47.8 Å². The lowest BCUT2D eigenvalue weighted by molar-refractivity contribution is -0.137. The molecule has 3 rings (SSSR count). The SMILES string of the molecule is COC1=CC=C2C(=CCc3cc(OC(=O)C(C)C)ccc32)C1. The van der Waals surface area contributed by atoms with E-state index in [0.717, 1.165) is 18.6 Å². The van der Waals surface area contributed by atoms with Crippen molar-refractivity contribution in [3.8, 4) is 5.75 Å². The van der Waals surface area contributed by atoms with Gasteiger partial charge in [0.05, 0.1) is 18.8 Å². The van der Waals surface area contributed by atoms with Gasteiger partial charge in [-0.1, -0.05) is 32.1 Å². The molecular formula is C19H20O3. The minimum atomic E-state index is -0.198.